The molecule has 0 saturated heterocycles. The van der Waals surface area contributed by atoms with Crippen molar-refractivity contribution in [2.75, 3.05) is 6.67 Å². The lowest BCUT2D eigenvalue weighted by Gasteiger charge is -2.12. The maximum atomic E-state index is 12.9. The van der Waals surface area contributed by atoms with Crippen molar-refractivity contribution in [2.45, 2.75) is 24.5 Å². The van der Waals surface area contributed by atoms with E-state index in [1.165, 1.54) is 11.5 Å². The Bertz CT molecular complexity index is 604. The molecule has 21 heavy (non-hydrogen) atoms. The monoisotopic (exact) mass is 364 g/mol. The van der Waals surface area contributed by atoms with Crippen LogP contribution in [-0.4, -0.2) is 16.2 Å². The van der Waals surface area contributed by atoms with Gasteiger partial charge in [-0.3, -0.25) is 0 Å². The summed E-state index contributed by atoms with van der Waals surface area (Å²) in [5.41, 5.74) is 0.504. The molecule has 0 aliphatic heterocycles. The molecule has 0 N–H and O–H groups in total. The first kappa shape index (κ1) is 16.0. The summed E-state index contributed by atoms with van der Waals surface area (Å²) in [5.74, 6) is 0.119. The van der Waals surface area contributed by atoms with Gasteiger partial charge in [-0.1, -0.05) is 40.2 Å². The van der Waals surface area contributed by atoms with Crippen molar-refractivity contribution in [2.24, 2.45) is 0 Å². The maximum absolute atomic E-state index is 12.9. The Balaban J connectivity index is 2.51. The molecule has 2 nitrogen and oxygen atoms in total. The molecular weight excluding hydrogens is 352 g/mol. The topological polar surface area (TPSA) is 17.8 Å². The van der Waals surface area contributed by atoms with E-state index < -0.39 is 24.6 Å². The van der Waals surface area contributed by atoms with Gasteiger partial charge in [0.1, 0.15) is 12.5 Å². The fraction of sp³-hybridized carbons (Fsp3) is 0.357. The molecule has 2 aromatic rings. The van der Waals surface area contributed by atoms with Crippen LogP contribution < -0.4 is 0 Å². The minimum Gasteiger partial charge on any atom is -0.325 e. The molecule has 1 unspecified atom stereocenters. The van der Waals surface area contributed by atoms with E-state index in [9.17, 15) is 17.6 Å². The van der Waals surface area contributed by atoms with Crippen molar-refractivity contribution in [3.63, 3.8) is 0 Å². The van der Waals surface area contributed by atoms with Crippen LogP contribution in [0.25, 0.3) is 11.4 Å². The van der Waals surface area contributed by atoms with Gasteiger partial charge in [-0.05, 0) is 12.5 Å². The van der Waals surface area contributed by atoms with Gasteiger partial charge in [0.25, 0.3) is 0 Å². The Morgan fingerprint density at radius 2 is 1.86 bits per heavy atom. The molecule has 1 heterocycles. The first-order valence-electron chi connectivity index (χ1n) is 6.24. The quantitative estimate of drug-likeness (QED) is 0.551. The zero-order valence-electron chi connectivity index (χ0n) is 11.2. The van der Waals surface area contributed by atoms with E-state index in [2.05, 4.69) is 20.9 Å². The van der Waals surface area contributed by atoms with Crippen molar-refractivity contribution in [3.05, 3.63) is 41.7 Å². The van der Waals surface area contributed by atoms with E-state index in [-0.39, 0.29) is 5.82 Å². The Morgan fingerprint density at radius 1 is 1.24 bits per heavy atom. The molecular formula is C14H13BrF4N2. The average molecular weight is 365 g/mol. The standard InChI is InChI=1S/C14H13BrF4N2/c1-9(7-16)21-8-12(14(17,18)19)20-13(21)11-4-2-10(6-15)3-5-11/h2-5,8-9H,6-7H2,1H3. The summed E-state index contributed by atoms with van der Waals surface area (Å²) in [4.78, 5) is 3.64. The van der Waals surface area contributed by atoms with Gasteiger partial charge in [0.05, 0.1) is 6.04 Å². The number of hydrogen-bond donors (Lipinski definition) is 0. The van der Waals surface area contributed by atoms with Crippen LogP contribution in [-0.2, 0) is 11.5 Å². The van der Waals surface area contributed by atoms with Gasteiger partial charge in [-0.2, -0.15) is 13.2 Å². The first-order chi connectivity index (χ1) is 9.86. The summed E-state index contributed by atoms with van der Waals surface area (Å²) in [6.07, 6.45) is -3.69. The van der Waals surface area contributed by atoms with Crippen LogP contribution in [0.2, 0.25) is 0 Å². The van der Waals surface area contributed by atoms with Crippen molar-refractivity contribution in [1.82, 2.24) is 9.55 Å². The third kappa shape index (κ3) is 3.45. The van der Waals surface area contributed by atoms with Gasteiger partial charge in [-0.25, -0.2) is 9.37 Å². The number of alkyl halides is 5. The van der Waals surface area contributed by atoms with Gasteiger partial charge in [-0.15, -0.1) is 0 Å². The molecule has 0 aliphatic carbocycles. The highest BCUT2D eigenvalue weighted by atomic mass is 79.9. The summed E-state index contributed by atoms with van der Waals surface area (Å²) >= 11 is 3.30. The van der Waals surface area contributed by atoms with Crippen molar-refractivity contribution >= 4 is 15.9 Å². The molecule has 0 aliphatic rings. The Labute approximate surface area is 127 Å². The number of aromatic nitrogens is 2. The zero-order valence-corrected chi connectivity index (χ0v) is 12.7. The second kappa shape index (κ2) is 6.17. The van der Waals surface area contributed by atoms with E-state index in [1.807, 2.05) is 0 Å². The molecule has 0 saturated carbocycles. The van der Waals surface area contributed by atoms with Gasteiger partial charge in [0.15, 0.2) is 5.69 Å². The molecule has 1 atom stereocenters. The third-order valence-electron chi connectivity index (χ3n) is 3.09. The van der Waals surface area contributed by atoms with Crippen LogP contribution in [0, 0.1) is 0 Å². The van der Waals surface area contributed by atoms with Crippen LogP contribution in [0.5, 0.6) is 0 Å². The number of benzene rings is 1. The minimum absolute atomic E-state index is 0.119. The predicted octanol–water partition coefficient (Wildman–Crippen LogP) is 4.99. The third-order valence-corrected chi connectivity index (χ3v) is 3.73. The van der Waals surface area contributed by atoms with E-state index >= 15 is 0 Å². The largest absolute Gasteiger partial charge is 0.434 e. The highest BCUT2D eigenvalue weighted by Gasteiger charge is 2.35. The number of halogens is 5. The number of nitrogens with zero attached hydrogens (tertiary/aromatic N) is 2. The van der Waals surface area contributed by atoms with E-state index in [4.69, 9.17) is 0 Å². The van der Waals surface area contributed by atoms with Gasteiger partial charge in [0.2, 0.25) is 0 Å². The average Bonchev–Trinajstić information content (AvgIpc) is 2.91. The summed E-state index contributed by atoms with van der Waals surface area (Å²) in [5, 5.41) is 0.649. The summed E-state index contributed by atoms with van der Waals surface area (Å²) < 4.78 is 52.5. The SMILES string of the molecule is CC(CF)n1cc(C(F)(F)F)nc1-c1ccc(CBr)cc1. The first-order valence-corrected chi connectivity index (χ1v) is 7.36. The lowest BCUT2D eigenvalue weighted by Crippen LogP contribution is -2.08. The molecule has 114 valence electrons. The molecule has 2 rings (SSSR count). The lowest BCUT2D eigenvalue weighted by molar-refractivity contribution is -0.140. The van der Waals surface area contributed by atoms with Crippen molar-refractivity contribution < 1.29 is 17.6 Å². The minimum atomic E-state index is -4.55. The van der Waals surface area contributed by atoms with Crippen LogP contribution in [0.3, 0.4) is 0 Å². The summed E-state index contributed by atoms with van der Waals surface area (Å²) in [7, 11) is 0. The van der Waals surface area contributed by atoms with Crippen molar-refractivity contribution in [3.8, 4) is 11.4 Å². The predicted molar refractivity (Wildman–Crippen MR) is 76.0 cm³/mol. The molecule has 0 amide bonds. The van der Waals surface area contributed by atoms with Crippen LogP contribution in [0.15, 0.2) is 30.5 Å². The molecule has 0 radical (unpaired) electrons. The smallest absolute Gasteiger partial charge is 0.325 e. The van der Waals surface area contributed by atoms with Gasteiger partial charge < -0.3 is 4.57 Å². The highest BCUT2D eigenvalue weighted by Crippen LogP contribution is 2.32. The molecule has 7 heteroatoms. The lowest BCUT2D eigenvalue weighted by atomic mass is 10.1. The van der Waals surface area contributed by atoms with Gasteiger partial charge in [0, 0.05) is 17.1 Å². The Morgan fingerprint density at radius 3 is 2.33 bits per heavy atom. The van der Waals surface area contributed by atoms with Crippen LogP contribution >= 0.6 is 15.9 Å². The fourth-order valence-electron chi connectivity index (χ4n) is 1.90. The number of hydrogen-bond acceptors (Lipinski definition) is 1. The van der Waals surface area contributed by atoms with E-state index in [0.29, 0.717) is 10.9 Å². The second-order valence-electron chi connectivity index (χ2n) is 4.69. The molecule has 1 aromatic heterocycles. The molecule has 1 aromatic carbocycles. The fourth-order valence-corrected chi connectivity index (χ4v) is 2.27. The number of rotatable bonds is 4. The second-order valence-corrected chi connectivity index (χ2v) is 5.25. The molecule has 0 fully saturated rings. The maximum Gasteiger partial charge on any atom is 0.434 e. The summed E-state index contributed by atoms with van der Waals surface area (Å²) in [6.45, 7) is 0.748. The number of imidazole rings is 1. The zero-order chi connectivity index (χ0) is 15.6. The highest BCUT2D eigenvalue weighted by molar-refractivity contribution is 9.08. The van der Waals surface area contributed by atoms with Gasteiger partial charge >= 0.3 is 6.18 Å². The van der Waals surface area contributed by atoms with Crippen LogP contribution in [0.4, 0.5) is 17.6 Å². The Hall–Kier alpha value is -1.37. The van der Waals surface area contributed by atoms with Crippen LogP contribution in [0.1, 0.15) is 24.2 Å². The molecule has 0 spiro atoms. The summed E-state index contributed by atoms with van der Waals surface area (Å²) in [6, 6.07) is 6.23. The van der Waals surface area contributed by atoms with E-state index in [1.54, 1.807) is 24.3 Å². The Kier molecular flexibility index (Phi) is 4.70. The van der Waals surface area contributed by atoms with E-state index in [0.717, 1.165) is 11.8 Å². The van der Waals surface area contributed by atoms with Crippen molar-refractivity contribution in [1.29, 1.82) is 0 Å². The normalized spacial score (nSPS) is 13.4. The molecule has 0 bridgehead atoms.